The van der Waals surface area contributed by atoms with E-state index in [4.69, 9.17) is 0 Å². The van der Waals surface area contributed by atoms with Gasteiger partial charge in [0.2, 0.25) is 5.91 Å². The Bertz CT molecular complexity index is 417. The van der Waals surface area contributed by atoms with Crippen LogP contribution in [0.15, 0.2) is 18.3 Å². The highest BCUT2D eigenvalue weighted by atomic mass is 16.2. The molecule has 0 aliphatic heterocycles. The molecule has 18 heavy (non-hydrogen) atoms. The zero-order chi connectivity index (χ0) is 13.0. The van der Waals surface area contributed by atoms with Crippen molar-refractivity contribution in [2.75, 3.05) is 20.6 Å². The van der Waals surface area contributed by atoms with Crippen LogP contribution in [0, 0.1) is 0 Å². The second-order valence-corrected chi connectivity index (χ2v) is 4.98. The number of hydrogen-bond acceptors (Lipinski definition) is 3. The van der Waals surface area contributed by atoms with Gasteiger partial charge < -0.3 is 10.2 Å². The Balaban J connectivity index is 1.90. The van der Waals surface area contributed by atoms with Gasteiger partial charge in [0, 0.05) is 39.3 Å². The van der Waals surface area contributed by atoms with Crippen LogP contribution in [0.4, 0.5) is 0 Å². The molecule has 1 atom stereocenters. The summed E-state index contributed by atoms with van der Waals surface area (Å²) in [6.45, 7) is 0.720. The number of rotatable bonds is 4. The van der Waals surface area contributed by atoms with Crippen molar-refractivity contribution in [3.8, 4) is 0 Å². The number of hydrogen-bond donors (Lipinski definition) is 1. The second kappa shape index (κ2) is 5.96. The highest BCUT2D eigenvalue weighted by Gasteiger charge is 2.20. The number of carbonyl (C=O) groups excluding carboxylic acids is 1. The molecular formula is C14H21N3O. The number of aromatic nitrogens is 1. The molecule has 1 N–H and O–H groups in total. The van der Waals surface area contributed by atoms with Crippen LogP contribution in [0.2, 0.25) is 0 Å². The van der Waals surface area contributed by atoms with Gasteiger partial charge in [0.15, 0.2) is 0 Å². The van der Waals surface area contributed by atoms with Crippen LogP contribution in [0.3, 0.4) is 0 Å². The van der Waals surface area contributed by atoms with Gasteiger partial charge in [-0.1, -0.05) is 6.07 Å². The molecule has 4 heteroatoms. The van der Waals surface area contributed by atoms with Crippen molar-refractivity contribution >= 4 is 5.91 Å². The summed E-state index contributed by atoms with van der Waals surface area (Å²) in [6.07, 6.45) is 5.83. The molecule has 0 bridgehead atoms. The molecule has 4 nitrogen and oxygen atoms in total. The monoisotopic (exact) mass is 247 g/mol. The number of amides is 1. The first-order valence-corrected chi connectivity index (χ1v) is 6.56. The van der Waals surface area contributed by atoms with Crippen LogP contribution in [-0.4, -0.2) is 36.4 Å². The van der Waals surface area contributed by atoms with E-state index in [1.54, 1.807) is 19.0 Å². The van der Waals surface area contributed by atoms with Gasteiger partial charge in [0.05, 0.1) is 5.69 Å². The number of pyridine rings is 1. The van der Waals surface area contributed by atoms with E-state index in [0.29, 0.717) is 12.5 Å². The molecular weight excluding hydrogens is 226 g/mol. The lowest BCUT2D eigenvalue weighted by atomic mass is 9.92. The first-order chi connectivity index (χ1) is 8.68. The molecule has 0 aromatic carbocycles. The molecule has 0 fully saturated rings. The molecule has 1 unspecified atom stereocenters. The largest absolute Gasteiger partial charge is 0.349 e. The maximum atomic E-state index is 11.5. The summed E-state index contributed by atoms with van der Waals surface area (Å²) >= 11 is 0. The quantitative estimate of drug-likeness (QED) is 0.877. The summed E-state index contributed by atoms with van der Waals surface area (Å²) in [5.74, 6) is 0.166. The number of nitrogens with one attached hydrogen (secondary N) is 1. The Kier molecular flexibility index (Phi) is 4.31. The summed E-state index contributed by atoms with van der Waals surface area (Å²) in [4.78, 5) is 17.6. The summed E-state index contributed by atoms with van der Waals surface area (Å²) < 4.78 is 0. The third kappa shape index (κ3) is 3.07. The molecule has 0 radical (unpaired) electrons. The van der Waals surface area contributed by atoms with E-state index in [-0.39, 0.29) is 5.91 Å². The van der Waals surface area contributed by atoms with Crippen molar-refractivity contribution in [2.24, 2.45) is 0 Å². The molecule has 0 spiro atoms. The number of nitrogens with zero attached hydrogens (tertiary/aromatic N) is 2. The van der Waals surface area contributed by atoms with Crippen molar-refractivity contribution in [1.29, 1.82) is 0 Å². The maximum absolute atomic E-state index is 11.5. The van der Waals surface area contributed by atoms with Crippen LogP contribution in [-0.2, 0) is 11.2 Å². The molecule has 1 aliphatic carbocycles. The normalized spacial score (nSPS) is 18.2. The van der Waals surface area contributed by atoms with Gasteiger partial charge >= 0.3 is 0 Å². The van der Waals surface area contributed by atoms with Gasteiger partial charge in [0.1, 0.15) is 0 Å². The van der Waals surface area contributed by atoms with Gasteiger partial charge in [-0.15, -0.1) is 0 Å². The smallest absolute Gasteiger partial charge is 0.223 e. The molecule has 0 saturated carbocycles. The lowest BCUT2D eigenvalue weighted by Crippen LogP contribution is -2.31. The lowest BCUT2D eigenvalue weighted by Gasteiger charge is -2.25. The van der Waals surface area contributed by atoms with Gasteiger partial charge in [0.25, 0.3) is 0 Å². The summed E-state index contributed by atoms with van der Waals surface area (Å²) in [5, 5.41) is 3.45. The predicted molar refractivity (Wildman–Crippen MR) is 71.2 cm³/mol. The highest BCUT2D eigenvalue weighted by molar-refractivity contribution is 5.75. The Morgan fingerprint density at radius 3 is 3.17 bits per heavy atom. The molecule has 1 amide bonds. The molecule has 98 valence electrons. The maximum Gasteiger partial charge on any atom is 0.223 e. The van der Waals surface area contributed by atoms with Gasteiger partial charge in [-0.2, -0.15) is 0 Å². The molecule has 1 aromatic heterocycles. The average Bonchev–Trinajstić information content (AvgIpc) is 2.38. The first-order valence-electron chi connectivity index (χ1n) is 6.56. The summed E-state index contributed by atoms with van der Waals surface area (Å²) in [5.41, 5.74) is 2.52. The zero-order valence-corrected chi connectivity index (χ0v) is 11.1. The van der Waals surface area contributed by atoms with Gasteiger partial charge in [-0.05, 0) is 30.9 Å². The van der Waals surface area contributed by atoms with Crippen molar-refractivity contribution in [2.45, 2.75) is 31.7 Å². The fraction of sp³-hybridized carbons (Fsp3) is 0.571. The van der Waals surface area contributed by atoms with Gasteiger partial charge in [-0.3, -0.25) is 9.78 Å². The first kappa shape index (κ1) is 13.0. The van der Waals surface area contributed by atoms with Crippen LogP contribution in [0.1, 0.15) is 36.6 Å². The number of fused-ring (bicyclic) bond motifs is 1. The van der Waals surface area contributed by atoms with Crippen LogP contribution < -0.4 is 5.32 Å². The molecule has 1 heterocycles. The van der Waals surface area contributed by atoms with E-state index >= 15 is 0 Å². The molecule has 2 rings (SSSR count). The average molecular weight is 247 g/mol. The standard InChI is InChI=1S/C14H21N3O/c1-17(2)13(18)8-10-15-12-7-3-5-11-6-4-9-16-14(11)12/h4,6,9,12,15H,3,5,7-8,10H2,1-2H3. The minimum atomic E-state index is 0.166. The SMILES string of the molecule is CN(C)C(=O)CCNC1CCCc2cccnc21. The van der Waals surface area contributed by atoms with Gasteiger partial charge in [-0.25, -0.2) is 0 Å². The fourth-order valence-corrected chi connectivity index (χ4v) is 2.39. The molecule has 1 aromatic rings. The van der Waals surface area contributed by atoms with E-state index in [1.165, 1.54) is 17.7 Å². The van der Waals surface area contributed by atoms with Crippen LogP contribution in [0.25, 0.3) is 0 Å². The Labute approximate surface area is 108 Å². The lowest BCUT2D eigenvalue weighted by molar-refractivity contribution is -0.128. The van der Waals surface area contributed by atoms with E-state index in [1.807, 2.05) is 12.3 Å². The van der Waals surface area contributed by atoms with Crippen LogP contribution in [0.5, 0.6) is 0 Å². The Morgan fingerprint density at radius 1 is 1.56 bits per heavy atom. The third-order valence-corrected chi connectivity index (χ3v) is 3.42. The minimum Gasteiger partial charge on any atom is -0.349 e. The zero-order valence-electron chi connectivity index (χ0n) is 11.1. The molecule has 1 aliphatic rings. The number of aryl methyl sites for hydroxylation is 1. The van der Waals surface area contributed by atoms with E-state index in [2.05, 4.69) is 16.4 Å². The highest BCUT2D eigenvalue weighted by Crippen LogP contribution is 2.27. The fourth-order valence-electron chi connectivity index (χ4n) is 2.39. The predicted octanol–water partition coefficient (Wildman–Crippen LogP) is 1.53. The Morgan fingerprint density at radius 2 is 2.39 bits per heavy atom. The van der Waals surface area contributed by atoms with Crippen molar-refractivity contribution in [3.63, 3.8) is 0 Å². The van der Waals surface area contributed by atoms with Crippen molar-refractivity contribution < 1.29 is 4.79 Å². The molecule has 0 saturated heterocycles. The van der Waals surface area contributed by atoms with E-state index in [0.717, 1.165) is 19.4 Å². The summed E-state index contributed by atoms with van der Waals surface area (Å²) in [6, 6.07) is 4.46. The van der Waals surface area contributed by atoms with Crippen molar-refractivity contribution in [1.82, 2.24) is 15.2 Å². The van der Waals surface area contributed by atoms with E-state index < -0.39 is 0 Å². The van der Waals surface area contributed by atoms with Crippen molar-refractivity contribution in [3.05, 3.63) is 29.6 Å². The van der Waals surface area contributed by atoms with Crippen LogP contribution >= 0.6 is 0 Å². The third-order valence-electron chi connectivity index (χ3n) is 3.42. The number of carbonyl (C=O) groups is 1. The Hall–Kier alpha value is -1.42. The topological polar surface area (TPSA) is 45.2 Å². The summed E-state index contributed by atoms with van der Waals surface area (Å²) in [7, 11) is 3.58. The minimum absolute atomic E-state index is 0.166. The van der Waals surface area contributed by atoms with E-state index in [9.17, 15) is 4.79 Å². The second-order valence-electron chi connectivity index (χ2n) is 4.98.